The van der Waals surface area contributed by atoms with E-state index in [9.17, 15) is 14.4 Å². The number of likely N-dealkylation sites (tertiary alicyclic amines) is 1. The number of carbonyl (C=O) groups excluding carboxylic acids is 3. The van der Waals surface area contributed by atoms with Crippen LogP contribution in [0.3, 0.4) is 0 Å². The molecule has 3 aromatic rings. The van der Waals surface area contributed by atoms with E-state index in [1.165, 1.54) is 4.90 Å². The van der Waals surface area contributed by atoms with Crippen molar-refractivity contribution >= 4 is 29.6 Å². The Morgan fingerprint density at radius 3 is 2.51 bits per heavy atom. The van der Waals surface area contributed by atoms with Crippen molar-refractivity contribution < 1.29 is 14.4 Å². The average molecular weight is 504 g/mol. The molecule has 3 N–H and O–H groups in total. The highest BCUT2D eigenvalue weighted by molar-refractivity contribution is 6.12. The number of pyridine rings is 1. The molecule has 1 fully saturated rings. The minimum Gasteiger partial charge on any atom is -0.384 e. The maximum atomic E-state index is 13.7. The van der Waals surface area contributed by atoms with Gasteiger partial charge in [-0.1, -0.05) is 43.2 Å². The number of nitrogens with two attached hydrogens (primary N) is 1. The largest absolute Gasteiger partial charge is 0.384 e. The zero-order valence-electron chi connectivity index (χ0n) is 21.6. The van der Waals surface area contributed by atoms with Crippen molar-refractivity contribution in [3.63, 3.8) is 0 Å². The first-order valence-corrected chi connectivity index (χ1v) is 12.4. The summed E-state index contributed by atoms with van der Waals surface area (Å²) < 4.78 is 1.70. The number of anilines is 2. The minimum atomic E-state index is -0.983. The summed E-state index contributed by atoms with van der Waals surface area (Å²) in [5, 5.41) is 2.99. The number of urea groups is 1. The van der Waals surface area contributed by atoms with Crippen molar-refractivity contribution in [1.29, 1.82) is 0 Å². The number of nitrogen functional groups attached to an aromatic ring is 1. The van der Waals surface area contributed by atoms with E-state index >= 15 is 0 Å². The standard InChI is InChI=1S/C27H33N7O3/c1-5-6-21(19-9-7-17(2)8-10-19)31-27(37)34-23(25(36)33(4)26-30-13-14-32(26)3)20(24(34)35)15-18-11-12-29-22(28)16-18/h7-14,16,20-21,23H,5-6,15H2,1-4H3,(H2,28,29)(H,31,37)/t20-,21-,23+/m1/s1. The van der Waals surface area contributed by atoms with Gasteiger partial charge in [0.1, 0.15) is 11.9 Å². The van der Waals surface area contributed by atoms with Crippen LogP contribution in [0.4, 0.5) is 16.6 Å². The maximum Gasteiger partial charge on any atom is 0.325 e. The molecule has 0 spiro atoms. The summed E-state index contributed by atoms with van der Waals surface area (Å²) in [5.74, 6) is -0.767. The monoisotopic (exact) mass is 503 g/mol. The Morgan fingerprint density at radius 1 is 1.16 bits per heavy atom. The number of β-lactam (4-membered cyclic amide) rings is 1. The van der Waals surface area contributed by atoms with Crippen molar-refractivity contribution in [2.45, 2.75) is 45.2 Å². The van der Waals surface area contributed by atoms with Crippen LogP contribution in [0.15, 0.2) is 55.0 Å². The first-order valence-electron chi connectivity index (χ1n) is 12.4. The first kappa shape index (κ1) is 25.9. The van der Waals surface area contributed by atoms with Crippen molar-refractivity contribution in [3.05, 3.63) is 71.7 Å². The molecular formula is C27H33N7O3. The van der Waals surface area contributed by atoms with Gasteiger partial charge in [-0.15, -0.1) is 0 Å². The third-order valence-corrected chi connectivity index (χ3v) is 6.77. The second-order valence-electron chi connectivity index (χ2n) is 9.49. The van der Waals surface area contributed by atoms with Gasteiger partial charge in [-0.3, -0.25) is 19.4 Å². The third-order valence-electron chi connectivity index (χ3n) is 6.77. The summed E-state index contributed by atoms with van der Waals surface area (Å²) in [4.78, 5) is 51.2. The Bertz CT molecular complexity index is 1290. The number of likely N-dealkylation sites (N-methyl/N-ethyl adjacent to an activating group) is 1. The molecule has 0 saturated carbocycles. The lowest BCUT2D eigenvalue weighted by molar-refractivity contribution is -0.156. The van der Waals surface area contributed by atoms with E-state index in [1.54, 1.807) is 49.4 Å². The van der Waals surface area contributed by atoms with Gasteiger partial charge in [0.15, 0.2) is 0 Å². The van der Waals surface area contributed by atoms with Crippen LogP contribution >= 0.6 is 0 Å². The summed E-state index contributed by atoms with van der Waals surface area (Å²) in [6, 6.07) is 9.51. The summed E-state index contributed by atoms with van der Waals surface area (Å²) in [6.45, 7) is 4.04. The van der Waals surface area contributed by atoms with Crippen LogP contribution < -0.4 is 16.0 Å². The van der Waals surface area contributed by atoms with Gasteiger partial charge in [0.2, 0.25) is 11.9 Å². The molecule has 194 valence electrons. The smallest absolute Gasteiger partial charge is 0.325 e. The van der Waals surface area contributed by atoms with Gasteiger partial charge in [0, 0.05) is 32.7 Å². The molecule has 0 bridgehead atoms. The lowest BCUT2D eigenvalue weighted by Crippen LogP contribution is -2.70. The Morgan fingerprint density at radius 2 is 1.89 bits per heavy atom. The highest BCUT2D eigenvalue weighted by Gasteiger charge is 2.55. The van der Waals surface area contributed by atoms with E-state index in [2.05, 4.69) is 15.3 Å². The van der Waals surface area contributed by atoms with Gasteiger partial charge in [-0.25, -0.2) is 14.8 Å². The number of hydrogen-bond acceptors (Lipinski definition) is 6. The van der Waals surface area contributed by atoms with Gasteiger partial charge in [-0.05, 0) is 43.0 Å². The van der Waals surface area contributed by atoms with Crippen molar-refractivity contribution in [1.82, 2.24) is 24.8 Å². The van der Waals surface area contributed by atoms with E-state index in [4.69, 9.17) is 5.73 Å². The summed E-state index contributed by atoms with van der Waals surface area (Å²) in [7, 11) is 3.37. The predicted molar refractivity (Wildman–Crippen MR) is 140 cm³/mol. The molecule has 10 heteroatoms. The Hall–Kier alpha value is -4.21. The topological polar surface area (TPSA) is 126 Å². The normalized spacial score (nSPS) is 17.7. The number of nitrogens with zero attached hydrogens (tertiary/aromatic N) is 5. The van der Waals surface area contributed by atoms with E-state index in [0.29, 0.717) is 18.2 Å². The lowest BCUT2D eigenvalue weighted by Gasteiger charge is -2.45. The van der Waals surface area contributed by atoms with Gasteiger partial charge < -0.3 is 15.6 Å². The molecule has 2 aromatic heterocycles. The zero-order chi connectivity index (χ0) is 26.7. The zero-order valence-corrected chi connectivity index (χ0v) is 21.6. The SMILES string of the molecule is CCC[C@@H](NC(=O)N1C(=O)[C@H](Cc2ccnc(N)c2)[C@H]1C(=O)N(C)c1nccn1C)c1ccc(C)cc1. The van der Waals surface area contributed by atoms with Gasteiger partial charge in [0.05, 0.1) is 12.0 Å². The molecule has 37 heavy (non-hydrogen) atoms. The predicted octanol–water partition coefficient (Wildman–Crippen LogP) is 2.99. The number of aromatic nitrogens is 3. The van der Waals surface area contributed by atoms with E-state index < -0.39 is 29.8 Å². The molecule has 1 saturated heterocycles. The number of hydrogen-bond donors (Lipinski definition) is 2. The molecule has 4 rings (SSSR count). The highest BCUT2D eigenvalue weighted by Crippen LogP contribution is 2.33. The van der Waals surface area contributed by atoms with Crippen LogP contribution in [0.5, 0.6) is 0 Å². The van der Waals surface area contributed by atoms with Crippen LogP contribution in [0.1, 0.15) is 42.5 Å². The maximum absolute atomic E-state index is 13.7. The number of nitrogens with one attached hydrogen (secondary N) is 1. The molecule has 1 aromatic carbocycles. The van der Waals surface area contributed by atoms with Crippen LogP contribution in [0, 0.1) is 12.8 Å². The van der Waals surface area contributed by atoms with Crippen LogP contribution in [0.2, 0.25) is 0 Å². The molecule has 3 atom stereocenters. The quantitative estimate of drug-likeness (QED) is 0.455. The highest BCUT2D eigenvalue weighted by atomic mass is 16.2. The Labute approximate surface area is 216 Å². The number of benzene rings is 1. The number of carbonyl (C=O) groups is 3. The lowest BCUT2D eigenvalue weighted by atomic mass is 9.81. The summed E-state index contributed by atoms with van der Waals surface area (Å²) >= 11 is 0. The van der Waals surface area contributed by atoms with E-state index in [1.807, 2.05) is 38.1 Å². The second kappa shape index (κ2) is 10.8. The fraction of sp³-hybridized carbons (Fsp3) is 0.370. The molecule has 0 unspecified atom stereocenters. The second-order valence-corrected chi connectivity index (χ2v) is 9.49. The van der Waals surface area contributed by atoms with Gasteiger partial charge in [0.25, 0.3) is 5.91 Å². The molecule has 0 aliphatic carbocycles. The molecule has 0 radical (unpaired) electrons. The summed E-state index contributed by atoms with van der Waals surface area (Å²) in [5.41, 5.74) is 8.65. The average Bonchev–Trinajstić information content (AvgIpc) is 3.30. The van der Waals surface area contributed by atoms with Gasteiger partial charge >= 0.3 is 6.03 Å². The molecule has 1 aliphatic rings. The minimum absolute atomic E-state index is 0.260. The molecule has 10 nitrogen and oxygen atoms in total. The van der Waals surface area contributed by atoms with Crippen LogP contribution in [-0.4, -0.2) is 50.4 Å². The van der Waals surface area contributed by atoms with Crippen LogP contribution in [0.25, 0.3) is 0 Å². The fourth-order valence-electron chi connectivity index (χ4n) is 4.74. The summed E-state index contributed by atoms with van der Waals surface area (Å²) in [6.07, 6.45) is 6.67. The number of amides is 4. The van der Waals surface area contributed by atoms with Crippen molar-refractivity contribution in [2.24, 2.45) is 13.0 Å². The first-order chi connectivity index (χ1) is 17.7. The van der Waals surface area contributed by atoms with Crippen molar-refractivity contribution in [2.75, 3.05) is 17.7 Å². The van der Waals surface area contributed by atoms with E-state index in [0.717, 1.165) is 28.0 Å². The molecular weight excluding hydrogens is 470 g/mol. The molecule has 3 heterocycles. The Balaban J connectivity index is 1.61. The van der Waals surface area contributed by atoms with Crippen molar-refractivity contribution in [3.8, 4) is 0 Å². The third kappa shape index (κ3) is 5.32. The van der Waals surface area contributed by atoms with E-state index in [-0.39, 0.29) is 12.5 Å². The fourth-order valence-corrected chi connectivity index (χ4v) is 4.74. The number of imide groups is 1. The number of imidazole rings is 1. The molecule has 1 aliphatic heterocycles. The van der Waals surface area contributed by atoms with Gasteiger partial charge in [-0.2, -0.15) is 0 Å². The van der Waals surface area contributed by atoms with Crippen LogP contribution in [-0.2, 0) is 23.1 Å². The Kier molecular flexibility index (Phi) is 7.56. The number of aryl methyl sites for hydroxylation is 2. The molecule has 4 amide bonds. The number of rotatable bonds is 8.